The first-order valence-electron chi connectivity index (χ1n) is 12.3. The van der Waals surface area contributed by atoms with Crippen LogP contribution < -0.4 is 15.2 Å². The van der Waals surface area contributed by atoms with E-state index >= 15 is 0 Å². The number of halogens is 3. The Kier molecular flexibility index (Phi) is 8.85. The first-order valence-corrected chi connectivity index (χ1v) is 13.8. The Morgan fingerprint density at radius 2 is 1.68 bits per heavy atom. The first kappa shape index (κ1) is 30.9. The Bertz CT molecular complexity index is 1500. The van der Waals surface area contributed by atoms with E-state index in [2.05, 4.69) is 9.71 Å². The molecule has 0 aliphatic carbocycles. The van der Waals surface area contributed by atoms with Gasteiger partial charge in [0, 0.05) is 17.7 Å². The molecule has 0 fully saturated rings. The molecule has 8 nitrogen and oxygen atoms in total. The van der Waals surface area contributed by atoms with Gasteiger partial charge in [-0.25, -0.2) is 18.2 Å². The summed E-state index contributed by atoms with van der Waals surface area (Å²) >= 11 is 0. The number of nitrogens with two attached hydrogens (primary N) is 1. The van der Waals surface area contributed by atoms with Crippen molar-refractivity contribution in [2.75, 3.05) is 11.3 Å². The van der Waals surface area contributed by atoms with Crippen molar-refractivity contribution in [2.24, 2.45) is 11.1 Å². The molecule has 0 saturated carbocycles. The number of aromatic nitrogens is 1. The lowest BCUT2D eigenvalue weighted by molar-refractivity contribution is -0.138. The highest BCUT2D eigenvalue weighted by molar-refractivity contribution is 7.92. The smallest absolute Gasteiger partial charge is 0.422 e. The number of nitrogens with one attached hydrogen (secondary N) is 1. The molecule has 216 valence electrons. The van der Waals surface area contributed by atoms with E-state index in [1.54, 1.807) is 32.0 Å². The molecule has 0 saturated heterocycles. The lowest BCUT2D eigenvalue weighted by Gasteiger charge is -2.25. The van der Waals surface area contributed by atoms with Crippen molar-refractivity contribution < 1.29 is 36.2 Å². The largest absolute Gasteiger partial charge is 0.491 e. The van der Waals surface area contributed by atoms with E-state index in [0.29, 0.717) is 17.5 Å². The Labute approximate surface area is 231 Å². The van der Waals surface area contributed by atoms with E-state index in [1.807, 2.05) is 20.8 Å². The molecule has 12 heteroatoms. The van der Waals surface area contributed by atoms with Crippen molar-refractivity contribution in [3.8, 4) is 17.0 Å². The van der Waals surface area contributed by atoms with Crippen LogP contribution in [-0.4, -0.2) is 37.1 Å². The van der Waals surface area contributed by atoms with Crippen molar-refractivity contribution in [2.45, 2.75) is 58.2 Å². The maximum atomic E-state index is 14.6. The van der Waals surface area contributed by atoms with Crippen LogP contribution in [0.3, 0.4) is 0 Å². The third kappa shape index (κ3) is 7.51. The van der Waals surface area contributed by atoms with E-state index in [9.17, 15) is 31.5 Å². The number of carboxylic acids is 1. The van der Waals surface area contributed by atoms with Gasteiger partial charge in [-0.2, -0.15) is 13.2 Å². The van der Waals surface area contributed by atoms with Gasteiger partial charge in [-0.3, -0.25) is 4.72 Å². The fourth-order valence-corrected chi connectivity index (χ4v) is 5.40. The number of anilines is 1. The number of pyridine rings is 1. The molecule has 0 spiro atoms. The Morgan fingerprint density at radius 1 is 1.07 bits per heavy atom. The highest BCUT2D eigenvalue weighted by Crippen LogP contribution is 2.45. The van der Waals surface area contributed by atoms with Crippen LogP contribution in [0.1, 0.15) is 54.2 Å². The van der Waals surface area contributed by atoms with Gasteiger partial charge >= 0.3 is 12.1 Å². The van der Waals surface area contributed by atoms with Crippen molar-refractivity contribution >= 4 is 21.8 Å². The van der Waals surface area contributed by atoms with Crippen LogP contribution in [-0.2, 0) is 16.2 Å². The van der Waals surface area contributed by atoms with Crippen molar-refractivity contribution in [1.29, 1.82) is 0 Å². The number of carboxylic acid groups (broad SMARTS) is 1. The summed E-state index contributed by atoms with van der Waals surface area (Å²) in [6.07, 6.45) is -4.45. The predicted molar refractivity (Wildman–Crippen MR) is 146 cm³/mol. The molecule has 0 aliphatic rings. The highest BCUT2D eigenvalue weighted by atomic mass is 32.2. The molecule has 3 aromatic rings. The van der Waals surface area contributed by atoms with Gasteiger partial charge in [0.05, 0.1) is 16.2 Å². The third-order valence-electron chi connectivity index (χ3n) is 5.94. The van der Waals surface area contributed by atoms with Gasteiger partial charge in [0.15, 0.2) is 0 Å². The number of nitrogens with zero attached hydrogens (tertiary/aromatic N) is 1. The van der Waals surface area contributed by atoms with E-state index in [4.69, 9.17) is 10.5 Å². The molecule has 1 heterocycles. The number of rotatable bonds is 9. The molecule has 0 aliphatic heterocycles. The second-order valence-electron chi connectivity index (χ2n) is 10.8. The first-order chi connectivity index (χ1) is 18.4. The van der Waals surface area contributed by atoms with Crippen LogP contribution in [0.5, 0.6) is 5.75 Å². The normalized spacial score (nSPS) is 13.1. The Balaban J connectivity index is 2.21. The van der Waals surface area contributed by atoms with Crippen molar-refractivity contribution in [1.82, 2.24) is 4.98 Å². The summed E-state index contributed by atoms with van der Waals surface area (Å²) < 4.78 is 77.8. The maximum Gasteiger partial charge on any atom is 0.422 e. The van der Waals surface area contributed by atoms with Crippen LogP contribution in [0.15, 0.2) is 53.4 Å². The molecule has 40 heavy (non-hydrogen) atoms. The summed E-state index contributed by atoms with van der Waals surface area (Å²) in [4.78, 5) is 15.0. The Hall–Kier alpha value is -3.64. The van der Waals surface area contributed by atoms with Crippen LogP contribution in [0.25, 0.3) is 11.3 Å². The fraction of sp³-hybridized carbons (Fsp3) is 0.357. The van der Waals surface area contributed by atoms with Gasteiger partial charge in [0.25, 0.3) is 10.0 Å². The number of ether oxygens (including phenoxy) is 1. The monoisotopic (exact) mass is 579 g/mol. The van der Waals surface area contributed by atoms with Gasteiger partial charge < -0.3 is 15.6 Å². The lowest BCUT2D eigenvalue weighted by Crippen LogP contribution is -2.32. The van der Waals surface area contributed by atoms with Gasteiger partial charge in [0.2, 0.25) is 0 Å². The van der Waals surface area contributed by atoms with Crippen LogP contribution in [0.2, 0.25) is 0 Å². The molecule has 1 aromatic heterocycles. The average Bonchev–Trinajstić information content (AvgIpc) is 2.80. The topological polar surface area (TPSA) is 132 Å². The number of sulfonamides is 1. The van der Waals surface area contributed by atoms with E-state index in [1.165, 1.54) is 12.1 Å². The van der Waals surface area contributed by atoms with Gasteiger partial charge in [-0.05, 0) is 55.0 Å². The number of hydrogen-bond donors (Lipinski definition) is 3. The minimum Gasteiger partial charge on any atom is -0.491 e. The van der Waals surface area contributed by atoms with E-state index in [0.717, 1.165) is 18.2 Å². The second kappa shape index (κ2) is 11.5. The minimum atomic E-state index is -4.91. The Morgan fingerprint density at radius 3 is 2.23 bits per heavy atom. The van der Waals surface area contributed by atoms with Gasteiger partial charge in [-0.15, -0.1) is 0 Å². The maximum absolute atomic E-state index is 14.6. The summed E-state index contributed by atoms with van der Waals surface area (Å²) in [7, 11) is -4.45. The number of alkyl halides is 3. The molecule has 4 N–H and O–H groups in total. The summed E-state index contributed by atoms with van der Waals surface area (Å²) in [5, 5.41) is 9.24. The van der Waals surface area contributed by atoms with Crippen LogP contribution in [0, 0.1) is 19.3 Å². The molecule has 3 rings (SSSR count). The number of benzene rings is 2. The van der Waals surface area contributed by atoms with Gasteiger partial charge in [-0.1, -0.05) is 45.0 Å². The molecular weight excluding hydrogens is 547 g/mol. The molecule has 1 atom stereocenters. The number of carbonyl (C=O) groups is 1. The standard InChI is InChI=1S/C28H32F3N3O5S/c1-16-8-6-9-17(2)23(16)25-24(28(29,30)31)21(39-15-19(32)14-27(3,4)5)13-22(33-25)34-40(37,38)20-11-7-10-18(12-20)26(35)36/h6-13,19H,14-15,32H2,1-5H3,(H,33,34)(H,35,36)/t19-/m1/s1. The van der Waals surface area contributed by atoms with E-state index in [-0.39, 0.29) is 23.1 Å². The van der Waals surface area contributed by atoms with Crippen LogP contribution >= 0.6 is 0 Å². The number of aromatic carboxylic acids is 1. The average molecular weight is 580 g/mol. The van der Waals surface area contributed by atoms with Crippen LogP contribution in [0.4, 0.5) is 19.0 Å². The molecule has 0 bridgehead atoms. The quantitative estimate of drug-likeness (QED) is 0.282. The molecule has 2 aromatic carbocycles. The zero-order chi connectivity index (χ0) is 30.0. The van der Waals surface area contributed by atoms with E-state index < -0.39 is 55.9 Å². The molecular formula is C28H32F3N3O5S. The van der Waals surface area contributed by atoms with Crippen molar-refractivity contribution in [3.05, 3.63) is 70.8 Å². The summed E-state index contributed by atoms with van der Waals surface area (Å²) in [5.41, 5.74) is 5.13. The summed E-state index contributed by atoms with van der Waals surface area (Å²) in [5.74, 6) is -2.42. The fourth-order valence-electron chi connectivity index (χ4n) is 4.37. The number of aryl methyl sites for hydroxylation is 2. The molecule has 0 unspecified atom stereocenters. The predicted octanol–water partition coefficient (Wildman–Crippen LogP) is 6.03. The second-order valence-corrected chi connectivity index (χ2v) is 12.5. The summed E-state index contributed by atoms with van der Waals surface area (Å²) in [6, 6.07) is 9.75. The minimum absolute atomic E-state index is 0.174. The molecule has 0 radical (unpaired) electrons. The SMILES string of the molecule is Cc1cccc(C)c1-c1nc(NS(=O)(=O)c2cccc(C(=O)O)c2)cc(OC[C@H](N)CC(C)(C)C)c1C(F)(F)F. The highest BCUT2D eigenvalue weighted by Gasteiger charge is 2.40. The third-order valence-corrected chi connectivity index (χ3v) is 7.29. The van der Waals surface area contributed by atoms with Gasteiger partial charge in [0.1, 0.15) is 23.7 Å². The summed E-state index contributed by atoms with van der Waals surface area (Å²) in [6.45, 7) is 8.79. The number of hydrogen-bond acceptors (Lipinski definition) is 6. The lowest BCUT2D eigenvalue weighted by atomic mass is 9.89. The molecule has 0 amide bonds. The zero-order valence-electron chi connectivity index (χ0n) is 22.8. The van der Waals surface area contributed by atoms with Crippen molar-refractivity contribution in [3.63, 3.8) is 0 Å². The zero-order valence-corrected chi connectivity index (χ0v) is 23.6.